The highest BCUT2D eigenvalue weighted by molar-refractivity contribution is 5.27. The highest BCUT2D eigenvalue weighted by Gasteiger charge is 2.03. The average molecular weight is 213 g/mol. The number of hydrogen-bond acceptors (Lipinski definition) is 6. The molecule has 0 aromatic carbocycles. The van der Waals surface area contributed by atoms with Crippen molar-refractivity contribution in [1.82, 2.24) is 9.97 Å². The molecular formula is C9H15N3O3. The second-order valence-electron chi connectivity index (χ2n) is 2.87. The van der Waals surface area contributed by atoms with Crippen LogP contribution in [0.2, 0.25) is 0 Å². The number of aliphatic hydroxyl groups excluding tert-OH is 2. The molecule has 1 heterocycles. The third kappa shape index (κ3) is 4.09. The lowest BCUT2D eigenvalue weighted by molar-refractivity contribution is 0.105. The second kappa shape index (κ2) is 6.15. The minimum Gasteiger partial charge on any atom is -0.478 e. The van der Waals surface area contributed by atoms with Crippen LogP contribution in [0.25, 0.3) is 0 Å². The van der Waals surface area contributed by atoms with Crippen LogP contribution in [0.5, 0.6) is 5.88 Å². The first kappa shape index (κ1) is 11.7. The summed E-state index contributed by atoms with van der Waals surface area (Å²) in [6.45, 7) is 2.31. The summed E-state index contributed by atoms with van der Waals surface area (Å²) in [5, 5.41) is 20.5. The molecule has 1 rings (SSSR count). The van der Waals surface area contributed by atoms with Gasteiger partial charge >= 0.3 is 0 Å². The monoisotopic (exact) mass is 213 g/mol. The predicted molar refractivity (Wildman–Crippen MR) is 54.8 cm³/mol. The third-order valence-corrected chi connectivity index (χ3v) is 1.63. The number of nitrogens with one attached hydrogen (secondary N) is 1. The van der Waals surface area contributed by atoms with E-state index in [0.29, 0.717) is 18.4 Å². The Hall–Kier alpha value is -1.40. The fourth-order valence-electron chi connectivity index (χ4n) is 0.929. The van der Waals surface area contributed by atoms with Crippen molar-refractivity contribution in [2.24, 2.45) is 0 Å². The molecule has 15 heavy (non-hydrogen) atoms. The van der Waals surface area contributed by atoms with E-state index in [2.05, 4.69) is 15.3 Å². The summed E-state index contributed by atoms with van der Waals surface area (Å²) in [7, 11) is 0. The normalized spacial score (nSPS) is 12.2. The molecule has 0 bridgehead atoms. The van der Waals surface area contributed by atoms with Crippen LogP contribution in [0.15, 0.2) is 12.3 Å². The smallest absolute Gasteiger partial charge is 0.226 e. The van der Waals surface area contributed by atoms with E-state index < -0.39 is 6.10 Å². The van der Waals surface area contributed by atoms with Crippen LogP contribution in [0.3, 0.4) is 0 Å². The number of aromatic nitrogens is 2. The van der Waals surface area contributed by atoms with E-state index in [4.69, 9.17) is 14.9 Å². The predicted octanol–water partition coefficient (Wildman–Crippen LogP) is -0.360. The largest absolute Gasteiger partial charge is 0.478 e. The number of nitrogens with zero attached hydrogens (tertiary/aromatic N) is 2. The summed E-state index contributed by atoms with van der Waals surface area (Å²) in [5.74, 6) is 0.849. The fraction of sp³-hybridized carbons (Fsp3) is 0.556. The van der Waals surface area contributed by atoms with Crippen LogP contribution in [0.4, 0.5) is 5.95 Å². The molecule has 0 aliphatic heterocycles. The van der Waals surface area contributed by atoms with E-state index in [0.717, 1.165) is 0 Å². The van der Waals surface area contributed by atoms with Crippen molar-refractivity contribution >= 4 is 5.95 Å². The maximum absolute atomic E-state index is 9.09. The highest BCUT2D eigenvalue weighted by atomic mass is 16.5. The van der Waals surface area contributed by atoms with Crippen molar-refractivity contribution in [3.8, 4) is 5.88 Å². The number of anilines is 1. The minimum atomic E-state index is -0.815. The van der Waals surface area contributed by atoms with Crippen LogP contribution in [-0.4, -0.2) is 46.0 Å². The van der Waals surface area contributed by atoms with E-state index in [9.17, 15) is 0 Å². The van der Waals surface area contributed by atoms with Gasteiger partial charge in [-0.15, -0.1) is 0 Å². The zero-order chi connectivity index (χ0) is 11.1. The first-order valence-corrected chi connectivity index (χ1v) is 4.75. The van der Waals surface area contributed by atoms with Gasteiger partial charge in [0.25, 0.3) is 0 Å². The molecule has 0 radical (unpaired) electrons. The lowest BCUT2D eigenvalue weighted by atomic mass is 10.4. The first-order chi connectivity index (χ1) is 7.26. The number of rotatable bonds is 6. The Morgan fingerprint density at radius 2 is 2.40 bits per heavy atom. The molecule has 0 amide bonds. The van der Waals surface area contributed by atoms with Gasteiger partial charge in [0, 0.05) is 18.8 Å². The molecule has 1 aromatic heterocycles. The third-order valence-electron chi connectivity index (χ3n) is 1.63. The topological polar surface area (TPSA) is 87.5 Å². The molecule has 0 saturated heterocycles. The van der Waals surface area contributed by atoms with Crippen LogP contribution in [0.1, 0.15) is 6.92 Å². The van der Waals surface area contributed by atoms with Gasteiger partial charge in [0.2, 0.25) is 11.8 Å². The Morgan fingerprint density at radius 3 is 3.07 bits per heavy atom. The van der Waals surface area contributed by atoms with Gasteiger partial charge in [-0.1, -0.05) is 0 Å². The molecule has 0 aliphatic rings. The molecule has 84 valence electrons. The molecule has 1 atom stereocenters. The van der Waals surface area contributed by atoms with E-state index in [1.165, 1.54) is 0 Å². The van der Waals surface area contributed by atoms with Crippen molar-refractivity contribution in [3.05, 3.63) is 12.3 Å². The summed E-state index contributed by atoms with van der Waals surface area (Å²) in [6.07, 6.45) is 0.746. The molecule has 1 aromatic rings. The van der Waals surface area contributed by atoms with Gasteiger partial charge in [-0.3, -0.25) is 0 Å². The van der Waals surface area contributed by atoms with Crippen molar-refractivity contribution in [2.45, 2.75) is 13.0 Å². The lowest BCUT2D eigenvalue weighted by Gasteiger charge is -2.09. The Bertz CT molecular complexity index is 296. The van der Waals surface area contributed by atoms with Crippen molar-refractivity contribution < 1.29 is 14.9 Å². The molecule has 0 saturated carbocycles. The van der Waals surface area contributed by atoms with Crippen LogP contribution in [0, 0.1) is 0 Å². The Kier molecular flexibility index (Phi) is 4.79. The standard InChI is InChI=1S/C9H15N3O3/c1-2-15-8-3-4-10-9(12-8)11-5-7(14)6-13/h3-4,7,13-14H,2,5-6H2,1H3,(H,10,11,12). The molecule has 6 nitrogen and oxygen atoms in total. The number of aliphatic hydroxyl groups is 2. The van der Waals surface area contributed by atoms with E-state index in [1.54, 1.807) is 12.3 Å². The molecule has 0 fully saturated rings. The lowest BCUT2D eigenvalue weighted by Crippen LogP contribution is -2.23. The number of hydrogen-bond donors (Lipinski definition) is 3. The SMILES string of the molecule is CCOc1ccnc(NCC(O)CO)n1. The van der Waals surface area contributed by atoms with Gasteiger partial charge in [0.05, 0.1) is 19.3 Å². The maximum atomic E-state index is 9.09. The zero-order valence-electron chi connectivity index (χ0n) is 8.55. The second-order valence-corrected chi connectivity index (χ2v) is 2.87. The fourth-order valence-corrected chi connectivity index (χ4v) is 0.929. The first-order valence-electron chi connectivity index (χ1n) is 4.75. The van der Waals surface area contributed by atoms with Crippen LogP contribution in [-0.2, 0) is 0 Å². The average Bonchev–Trinajstić information content (AvgIpc) is 2.27. The maximum Gasteiger partial charge on any atom is 0.226 e. The van der Waals surface area contributed by atoms with Crippen molar-refractivity contribution in [3.63, 3.8) is 0 Å². The Morgan fingerprint density at radius 1 is 1.60 bits per heavy atom. The van der Waals surface area contributed by atoms with E-state index in [-0.39, 0.29) is 13.2 Å². The van der Waals surface area contributed by atoms with Gasteiger partial charge in [0.1, 0.15) is 0 Å². The summed E-state index contributed by atoms with van der Waals surface area (Å²) in [5.41, 5.74) is 0. The molecular weight excluding hydrogens is 198 g/mol. The Balaban J connectivity index is 2.50. The van der Waals surface area contributed by atoms with Crippen LogP contribution >= 0.6 is 0 Å². The summed E-state index contributed by atoms with van der Waals surface area (Å²) in [6, 6.07) is 1.65. The number of ether oxygens (including phenoxy) is 1. The minimum absolute atomic E-state index is 0.200. The van der Waals surface area contributed by atoms with Gasteiger partial charge in [-0.25, -0.2) is 4.98 Å². The molecule has 0 aliphatic carbocycles. The zero-order valence-corrected chi connectivity index (χ0v) is 8.55. The highest BCUT2D eigenvalue weighted by Crippen LogP contribution is 2.07. The molecule has 6 heteroatoms. The van der Waals surface area contributed by atoms with E-state index >= 15 is 0 Å². The molecule has 0 spiro atoms. The summed E-state index contributed by atoms with van der Waals surface area (Å²) < 4.78 is 5.18. The molecule has 1 unspecified atom stereocenters. The molecule has 3 N–H and O–H groups in total. The van der Waals surface area contributed by atoms with Gasteiger partial charge in [0.15, 0.2) is 0 Å². The Labute approximate surface area is 87.9 Å². The van der Waals surface area contributed by atoms with Crippen molar-refractivity contribution in [1.29, 1.82) is 0 Å². The van der Waals surface area contributed by atoms with Gasteiger partial charge in [-0.05, 0) is 6.92 Å². The van der Waals surface area contributed by atoms with E-state index in [1.807, 2.05) is 6.92 Å². The van der Waals surface area contributed by atoms with Crippen molar-refractivity contribution in [2.75, 3.05) is 25.1 Å². The summed E-state index contributed by atoms with van der Waals surface area (Å²) >= 11 is 0. The summed E-state index contributed by atoms with van der Waals surface area (Å²) in [4.78, 5) is 7.96. The quantitative estimate of drug-likeness (QED) is 0.598. The van der Waals surface area contributed by atoms with Gasteiger partial charge in [-0.2, -0.15) is 4.98 Å². The van der Waals surface area contributed by atoms with Gasteiger partial charge < -0.3 is 20.3 Å². The van der Waals surface area contributed by atoms with Crippen LogP contribution < -0.4 is 10.1 Å².